The summed E-state index contributed by atoms with van der Waals surface area (Å²) in [4.78, 5) is 22.3. The summed E-state index contributed by atoms with van der Waals surface area (Å²) in [6, 6.07) is -0.299. The highest BCUT2D eigenvalue weighted by Crippen LogP contribution is 2.16. The van der Waals surface area contributed by atoms with Crippen molar-refractivity contribution < 1.29 is 14.7 Å². The van der Waals surface area contributed by atoms with Gasteiger partial charge in [-0.15, -0.1) is 5.10 Å². The van der Waals surface area contributed by atoms with Gasteiger partial charge in [-0.25, -0.2) is 9.48 Å². The lowest BCUT2D eigenvalue weighted by atomic mass is 9.91. The third-order valence-electron chi connectivity index (χ3n) is 3.45. The topological polar surface area (TPSA) is 135 Å². The molecule has 21 heavy (non-hydrogen) atoms. The fraction of sp³-hybridized carbons (Fsp3) is 0.667. The van der Waals surface area contributed by atoms with Crippen molar-refractivity contribution in [2.75, 3.05) is 0 Å². The van der Waals surface area contributed by atoms with Crippen LogP contribution in [0.3, 0.4) is 0 Å². The maximum atomic E-state index is 11.8. The smallest absolute Gasteiger partial charge is 0.325 e. The summed E-state index contributed by atoms with van der Waals surface area (Å²) in [5.74, 6) is -0.997. The van der Waals surface area contributed by atoms with Crippen LogP contribution in [0.4, 0.5) is 4.79 Å². The van der Waals surface area contributed by atoms with Gasteiger partial charge in [0.25, 0.3) is 0 Å². The van der Waals surface area contributed by atoms with E-state index in [-0.39, 0.29) is 31.2 Å². The molecule has 1 aliphatic carbocycles. The van der Waals surface area contributed by atoms with Crippen LogP contribution >= 0.6 is 0 Å². The van der Waals surface area contributed by atoms with Gasteiger partial charge in [-0.2, -0.15) is 0 Å². The second-order valence-electron chi connectivity index (χ2n) is 5.18. The predicted molar refractivity (Wildman–Crippen MR) is 73.3 cm³/mol. The van der Waals surface area contributed by atoms with Gasteiger partial charge in [-0.1, -0.05) is 18.1 Å². The molecule has 0 saturated heterocycles. The molecule has 5 N–H and O–H groups in total. The lowest BCUT2D eigenvalue weighted by Gasteiger charge is -2.29. The number of aliphatic carboxylic acids is 1. The highest BCUT2D eigenvalue weighted by molar-refractivity contribution is 5.74. The first-order valence-corrected chi connectivity index (χ1v) is 6.95. The second kappa shape index (κ2) is 7.02. The summed E-state index contributed by atoms with van der Waals surface area (Å²) in [5.41, 5.74) is 6.46. The van der Waals surface area contributed by atoms with E-state index < -0.39 is 5.97 Å². The van der Waals surface area contributed by atoms with E-state index in [2.05, 4.69) is 20.9 Å². The third kappa shape index (κ3) is 4.71. The number of nitrogens with two attached hydrogens (primary N) is 1. The Bertz CT molecular complexity index is 503. The van der Waals surface area contributed by atoms with Crippen molar-refractivity contribution in [1.29, 1.82) is 0 Å². The molecule has 1 fully saturated rings. The lowest BCUT2D eigenvalue weighted by Crippen LogP contribution is -2.52. The average molecular weight is 296 g/mol. The molecule has 1 heterocycles. The molecular formula is C12H20N6O3. The van der Waals surface area contributed by atoms with E-state index in [1.807, 2.05) is 0 Å². The predicted octanol–water partition coefficient (Wildman–Crippen LogP) is -0.568. The molecular weight excluding hydrogens is 276 g/mol. The molecule has 2 unspecified atom stereocenters. The first kappa shape index (κ1) is 15.2. The van der Waals surface area contributed by atoms with Gasteiger partial charge >= 0.3 is 12.0 Å². The molecule has 1 saturated carbocycles. The van der Waals surface area contributed by atoms with E-state index in [0.717, 1.165) is 25.7 Å². The first-order chi connectivity index (χ1) is 10.0. The van der Waals surface area contributed by atoms with Crippen LogP contribution in [0, 0.1) is 0 Å². The minimum atomic E-state index is -0.997. The largest absolute Gasteiger partial charge is 0.480 e. The number of nitrogens with zero attached hydrogens (tertiary/aromatic N) is 3. The number of carbonyl (C=O) groups excluding carboxylic acids is 1. The monoisotopic (exact) mass is 296 g/mol. The molecule has 0 aliphatic heterocycles. The number of hydrogen-bond acceptors (Lipinski definition) is 5. The van der Waals surface area contributed by atoms with Crippen molar-refractivity contribution in [3.63, 3.8) is 0 Å². The van der Waals surface area contributed by atoms with Gasteiger partial charge in [0.2, 0.25) is 0 Å². The summed E-state index contributed by atoms with van der Waals surface area (Å²) in [6.07, 6.45) is 5.48. The Morgan fingerprint density at radius 3 is 2.90 bits per heavy atom. The van der Waals surface area contributed by atoms with Crippen molar-refractivity contribution in [3.8, 4) is 0 Å². The van der Waals surface area contributed by atoms with Gasteiger partial charge in [0.15, 0.2) is 0 Å². The van der Waals surface area contributed by atoms with Gasteiger partial charge < -0.3 is 21.5 Å². The highest BCUT2D eigenvalue weighted by atomic mass is 16.4. The molecule has 9 heteroatoms. The zero-order valence-electron chi connectivity index (χ0n) is 11.7. The van der Waals surface area contributed by atoms with E-state index in [9.17, 15) is 9.59 Å². The summed E-state index contributed by atoms with van der Waals surface area (Å²) in [6.45, 7) is -0.0659. The van der Waals surface area contributed by atoms with E-state index in [1.165, 1.54) is 10.9 Å². The van der Waals surface area contributed by atoms with Crippen molar-refractivity contribution >= 4 is 12.0 Å². The first-order valence-electron chi connectivity index (χ1n) is 6.95. The van der Waals surface area contributed by atoms with Crippen LogP contribution < -0.4 is 16.4 Å². The number of aromatic nitrogens is 3. The fourth-order valence-corrected chi connectivity index (χ4v) is 2.36. The van der Waals surface area contributed by atoms with E-state index in [0.29, 0.717) is 5.69 Å². The van der Waals surface area contributed by atoms with E-state index in [1.54, 1.807) is 0 Å². The number of hydrogen-bond donors (Lipinski definition) is 4. The molecule has 0 aromatic carbocycles. The molecule has 9 nitrogen and oxygen atoms in total. The molecule has 2 rings (SSSR count). The van der Waals surface area contributed by atoms with Crippen LogP contribution in [0.5, 0.6) is 0 Å². The summed E-state index contributed by atoms with van der Waals surface area (Å²) >= 11 is 0. The van der Waals surface area contributed by atoms with Crippen LogP contribution in [0.2, 0.25) is 0 Å². The third-order valence-corrected chi connectivity index (χ3v) is 3.45. The number of nitrogens with one attached hydrogen (secondary N) is 2. The Kier molecular flexibility index (Phi) is 5.09. The number of amides is 2. The molecule has 0 bridgehead atoms. The van der Waals surface area contributed by atoms with Crippen molar-refractivity contribution in [2.45, 2.75) is 50.9 Å². The molecule has 1 aliphatic rings. The number of urea groups is 1. The van der Waals surface area contributed by atoms with Crippen LogP contribution in [-0.4, -0.2) is 44.2 Å². The van der Waals surface area contributed by atoms with Gasteiger partial charge in [-0.05, 0) is 12.8 Å². The SMILES string of the molecule is NC1CCCCC1NC(=O)NCc1cn(CC(=O)O)nn1. The zero-order valence-corrected chi connectivity index (χ0v) is 11.7. The lowest BCUT2D eigenvalue weighted by molar-refractivity contribution is -0.137. The van der Waals surface area contributed by atoms with Crippen molar-refractivity contribution in [3.05, 3.63) is 11.9 Å². The number of carbonyl (C=O) groups is 2. The summed E-state index contributed by atoms with van der Waals surface area (Å²) in [7, 11) is 0. The molecule has 116 valence electrons. The number of carboxylic acid groups (broad SMARTS) is 1. The minimum absolute atomic E-state index is 0.000872. The van der Waals surface area contributed by atoms with Gasteiger partial charge in [-0.3, -0.25) is 4.79 Å². The number of carboxylic acids is 1. The molecule has 2 amide bonds. The van der Waals surface area contributed by atoms with Crippen LogP contribution in [0.1, 0.15) is 31.4 Å². The van der Waals surface area contributed by atoms with Crippen molar-refractivity contribution in [2.24, 2.45) is 5.73 Å². The Balaban J connectivity index is 1.75. The Morgan fingerprint density at radius 2 is 2.19 bits per heavy atom. The fourth-order valence-electron chi connectivity index (χ4n) is 2.36. The molecule has 2 atom stereocenters. The normalized spacial score (nSPS) is 21.8. The minimum Gasteiger partial charge on any atom is -0.480 e. The number of rotatable bonds is 5. The Labute approximate surface area is 121 Å². The molecule has 1 aromatic heterocycles. The second-order valence-corrected chi connectivity index (χ2v) is 5.18. The molecule has 0 radical (unpaired) electrons. The van der Waals surface area contributed by atoms with Crippen molar-refractivity contribution in [1.82, 2.24) is 25.6 Å². The van der Waals surface area contributed by atoms with Gasteiger partial charge in [0.1, 0.15) is 12.2 Å². The van der Waals surface area contributed by atoms with Crippen LogP contribution in [0.15, 0.2) is 6.20 Å². The van der Waals surface area contributed by atoms with E-state index >= 15 is 0 Å². The Hall–Kier alpha value is -2.16. The molecule has 0 spiro atoms. The standard InChI is InChI=1S/C12H20N6O3/c13-9-3-1-2-4-10(9)15-12(21)14-5-8-6-18(17-16-8)7-11(19)20/h6,9-10H,1-5,7,13H2,(H,19,20)(H2,14,15,21). The van der Waals surface area contributed by atoms with E-state index in [4.69, 9.17) is 10.8 Å². The van der Waals surface area contributed by atoms with Crippen LogP contribution in [0.25, 0.3) is 0 Å². The van der Waals surface area contributed by atoms with Gasteiger partial charge in [0, 0.05) is 12.1 Å². The van der Waals surface area contributed by atoms with Crippen LogP contribution in [-0.2, 0) is 17.9 Å². The average Bonchev–Trinajstić information content (AvgIpc) is 2.86. The Morgan fingerprint density at radius 1 is 1.43 bits per heavy atom. The highest BCUT2D eigenvalue weighted by Gasteiger charge is 2.23. The maximum absolute atomic E-state index is 11.8. The zero-order chi connectivity index (χ0) is 15.2. The van der Waals surface area contributed by atoms with Gasteiger partial charge in [0.05, 0.1) is 12.7 Å². The maximum Gasteiger partial charge on any atom is 0.325 e. The molecule has 1 aromatic rings. The quantitative estimate of drug-likeness (QED) is 0.574. The summed E-state index contributed by atoms with van der Waals surface area (Å²) < 4.78 is 1.20. The summed E-state index contributed by atoms with van der Waals surface area (Å²) in [5, 5.41) is 21.6.